The molecule has 4 aromatic rings. The van der Waals surface area contributed by atoms with Gasteiger partial charge in [0.25, 0.3) is 5.88 Å². The summed E-state index contributed by atoms with van der Waals surface area (Å²) in [7, 11) is 0. The van der Waals surface area contributed by atoms with Crippen LogP contribution in [0.25, 0.3) is 22.1 Å². The van der Waals surface area contributed by atoms with Crippen molar-refractivity contribution >= 4 is 11.0 Å². The van der Waals surface area contributed by atoms with E-state index in [1.165, 1.54) is 12.6 Å². The second-order valence-electron chi connectivity index (χ2n) is 5.90. The molecule has 2 aromatic carbocycles. The van der Waals surface area contributed by atoms with E-state index in [0.717, 1.165) is 5.56 Å². The van der Waals surface area contributed by atoms with Gasteiger partial charge in [-0.3, -0.25) is 4.79 Å². The number of halogens is 1. The van der Waals surface area contributed by atoms with Gasteiger partial charge in [0.2, 0.25) is 5.82 Å². The van der Waals surface area contributed by atoms with Crippen LogP contribution >= 0.6 is 0 Å². The third kappa shape index (κ3) is 3.17. The molecule has 0 aliphatic rings. The van der Waals surface area contributed by atoms with Crippen molar-refractivity contribution in [3.8, 4) is 22.8 Å². The highest BCUT2D eigenvalue weighted by Gasteiger charge is 2.14. The Labute approximate surface area is 154 Å². The van der Waals surface area contributed by atoms with Gasteiger partial charge in [-0.05, 0) is 24.1 Å². The second kappa shape index (κ2) is 6.99. The molecule has 4 rings (SSSR count). The molecule has 0 fully saturated rings. The molecule has 0 radical (unpaired) electrons. The van der Waals surface area contributed by atoms with Crippen LogP contribution in [0.2, 0.25) is 0 Å². The molecule has 134 valence electrons. The zero-order valence-electron chi connectivity index (χ0n) is 14.5. The largest absolute Gasteiger partial charge is 0.463 e. The summed E-state index contributed by atoms with van der Waals surface area (Å²) in [4.78, 5) is 20.5. The highest BCUT2D eigenvalue weighted by molar-refractivity contribution is 5.82. The first kappa shape index (κ1) is 16.9. The van der Waals surface area contributed by atoms with Crippen LogP contribution < -0.4 is 10.2 Å². The van der Waals surface area contributed by atoms with Gasteiger partial charge in [-0.25, -0.2) is 4.98 Å². The third-order valence-electron chi connectivity index (χ3n) is 4.21. The molecule has 0 N–H and O–H groups in total. The molecule has 0 amide bonds. The minimum absolute atomic E-state index is 0.143. The topological polar surface area (TPSA) is 65.2 Å². The van der Waals surface area contributed by atoms with Crippen molar-refractivity contribution in [2.75, 3.05) is 0 Å². The quantitative estimate of drug-likeness (QED) is 0.524. The first-order chi connectivity index (χ1) is 13.2. The molecule has 0 aliphatic heterocycles. The molecule has 0 spiro atoms. The molecule has 6 heteroatoms. The maximum atomic E-state index is 14.3. The molecule has 27 heavy (non-hydrogen) atoms. The first-order valence-corrected chi connectivity index (χ1v) is 8.45. The minimum Gasteiger partial charge on any atom is -0.463 e. The number of ether oxygens (including phenoxy) is 1. The number of aromatic nitrogens is 2. The van der Waals surface area contributed by atoms with Gasteiger partial charge in [0.1, 0.15) is 23.9 Å². The fraction of sp³-hybridized carbons (Fsp3) is 0.0952. The van der Waals surface area contributed by atoms with Crippen molar-refractivity contribution in [2.24, 2.45) is 0 Å². The van der Waals surface area contributed by atoms with Gasteiger partial charge in [0.05, 0.1) is 16.6 Å². The van der Waals surface area contributed by atoms with Crippen molar-refractivity contribution in [1.29, 1.82) is 0 Å². The first-order valence-electron chi connectivity index (χ1n) is 8.45. The van der Waals surface area contributed by atoms with Crippen LogP contribution in [0.3, 0.4) is 0 Å². The highest BCUT2D eigenvalue weighted by Crippen LogP contribution is 2.27. The normalized spacial score (nSPS) is 10.9. The standard InChI is InChI=1S/C21H15FN2O3/c1-2-17-19(22)21(24-12-23-17)27-14-8-9-15-18(10-14)26-11-16(20(15)25)13-6-4-3-5-7-13/h3-12H,2H2,1H3. The Morgan fingerprint density at radius 1 is 1.11 bits per heavy atom. The smallest absolute Gasteiger partial charge is 0.259 e. The van der Waals surface area contributed by atoms with Crippen LogP contribution in [0.4, 0.5) is 4.39 Å². The molecule has 0 bridgehead atoms. The molecule has 0 saturated carbocycles. The van der Waals surface area contributed by atoms with Crippen LogP contribution in [-0.2, 0) is 6.42 Å². The maximum absolute atomic E-state index is 14.3. The Morgan fingerprint density at radius 2 is 1.93 bits per heavy atom. The van der Waals surface area contributed by atoms with Crippen molar-refractivity contribution in [3.63, 3.8) is 0 Å². The predicted octanol–water partition coefficient (Wildman–Crippen LogP) is 4.74. The minimum atomic E-state index is -0.596. The number of hydrogen-bond acceptors (Lipinski definition) is 5. The van der Waals surface area contributed by atoms with E-state index in [1.54, 1.807) is 25.1 Å². The van der Waals surface area contributed by atoms with E-state index in [4.69, 9.17) is 9.15 Å². The van der Waals surface area contributed by atoms with Gasteiger partial charge in [-0.2, -0.15) is 9.37 Å². The summed E-state index contributed by atoms with van der Waals surface area (Å²) in [6.07, 6.45) is 3.11. The lowest BCUT2D eigenvalue weighted by atomic mass is 10.1. The SMILES string of the molecule is CCc1ncnc(Oc2ccc3c(=O)c(-c4ccccc4)coc3c2)c1F. The van der Waals surface area contributed by atoms with E-state index in [1.807, 2.05) is 30.3 Å². The zero-order chi connectivity index (χ0) is 18.8. The number of rotatable bonds is 4. The van der Waals surface area contributed by atoms with Gasteiger partial charge in [0, 0.05) is 6.07 Å². The van der Waals surface area contributed by atoms with E-state index in [0.29, 0.717) is 28.7 Å². The summed E-state index contributed by atoms with van der Waals surface area (Å²) < 4.78 is 25.4. The van der Waals surface area contributed by atoms with Crippen LogP contribution in [0.5, 0.6) is 11.6 Å². The summed E-state index contributed by atoms with van der Waals surface area (Å²) in [5.74, 6) is -0.441. The molecule has 2 heterocycles. The number of fused-ring (bicyclic) bond motifs is 1. The lowest BCUT2D eigenvalue weighted by Gasteiger charge is -2.08. The molecule has 5 nitrogen and oxygen atoms in total. The highest BCUT2D eigenvalue weighted by atomic mass is 19.1. The fourth-order valence-corrected chi connectivity index (χ4v) is 2.81. The second-order valence-corrected chi connectivity index (χ2v) is 5.90. The molecule has 2 aromatic heterocycles. The monoisotopic (exact) mass is 362 g/mol. The van der Waals surface area contributed by atoms with Gasteiger partial charge in [0.15, 0.2) is 5.43 Å². The van der Waals surface area contributed by atoms with Gasteiger partial charge in [-0.15, -0.1) is 0 Å². The van der Waals surface area contributed by atoms with Crippen LogP contribution in [0, 0.1) is 5.82 Å². The van der Waals surface area contributed by atoms with Crippen LogP contribution in [0.15, 0.2) is 70.3 Å². The summed E-state index contributed by atoms with van der Waals surface area (Å²) >= 11 is 0. The van der Waals surface area contributed by atoms with E-state index in [-0.39, 0.29) is 17.0 Å². The third-order valence-corrected chi connectivity index (χ3v) is 4.21. The Bertz CT molecular complexity index is 1170. The average molecular weight is 362 g/mol. The average Bonchev–Trinajstić information content (AvgIpc) is 2.70. The molecule has 0 unspecified atom stereocenters. The summed E-state index contributed by atoms with van der Waals surface area (Å²) in [5, 5.41) is 0.418. The van der Waals surface area contributed by atoms with E-state index in [2.05, 4.69) is 9.97 Å². The molecular weight excluding hydrogens is 347 g/mol. The van der Waals surface area contributed by atoms with Crippen LogP contribution in [0.1, 0.15) is 12.6 Å². The Hall–Kier alpha value is -3.54. The van der Waals surface area contributed by atoms with Crippen molar-refractivity contribution < 1.29 is 13.5 Å². The van der Waals surface area contributed by atoms with Crippen molar-refractivity contribution in [3.05, 3.63) is 82.9 Å². The summed E-state index contributed by atoms with van der Waals surface area (Å²) in [6, 6.07) is 14.0. The Kier molecular flexibility index (Phi) is 4.38. The molecule has 0 atom stereocenters. The summed E-state index contributed by atoms with van der Waals surface area (Å²) in [6.45, 7) is 1.80. The maximum Gasteiger partial charge on any atom is 0.259 e. The Morgan fingerprint density at radius 3 is 2.70 bits per heavy atom. The van der Waals surface area contributed by atoms with Gasteiger partial charge >= 0.3 is 0 Å². The van der Waals surface area contributed by atoms with E-state index < -0.39 is 5.82 Å². The molecular formula is C21H15FN2O3. The number of aryl methyl sites for hydroxylation is 1. The lowest BCUT2D eigenvalue weighted by molar-refractivity contribution is 0.415. The van der Waals surface area contributed by atoms with E-state index in [9.17, 15) is 9.18 Å². The zero-order valence-corrected chi connectivity index (χ0v) is 14.5. The molecule has 0 saturated heterocycles. The fourth-order valence-electron chi connectivity index (χ4n) is 2.81. The summed E-state index contributed by atoms with van der Waals surface area (Å²) in [5.41, 5.74) is 1.74. The van der Waals surface area contributed by atoms with Crippen molar-refractivity contribution in [2.45, 2.75) is 13.3 Å². The predicted molar refractivity (Wildman–Crippen MR) is 99.4 cm³/mol. The van der Waals surface area contributed by atoms with Crippen LogP contribution in [-0.4, -0.2) is 9.97 Å². The lowest BCUT2D eigenvalue weighted by Crippen LogP contribution is -2.05. The molecule has 0 aliphatic carbocycles. The number of benzene rings is 2. The number of nitrogens with zero attached hydrogens (tertiary/aromatic N) is 2. The van der Waals surface area contributed by atoms with E-state index >= 15 is 0 Å². The number of hydrogen-bond donors (Lipinski definition) is 0. The van der Waals surface area contributed by atoms with Gasteiger partial charge in [-0.1, -0.05) is 37.3 Å². The van der Waals surface area contributed by atoms with Gasteiger partial charge < -0.3 is 9.15 Å². The van der Waals surface area contributed by atoms with Crippen molar-refractivity contribution in [1.82, 2.24) is 9.97 Å². The Balaban J connectivity index is 1.73.